The third-order valence-electron chi connectivity index (χ3n) is 1.34. The maximum absolute atomic E-state index is 11.3. The lowest BCUT2D eigenvalue weighted by Gasteiger charge is -2.21. The summed E-state index contributed by atoms with van der Waals surface area (Å²) in [5.41, 5.74) is 9.80. The van der Waals surface area contributed by atoms with E-state index >= 15 is 0 Å². The second-order valence-corrected chi connectivity index (χ2v) is 4.03. The molecular formula is C9H18N2O4. The van der Waals surface area contributed by atoms with Gasteiger partial charge in [-0.25, -0.2) is 0 Å². The average Bonchev–Trinajstić information content (AvgIpc) is 2.00. The van der Waals surface area contributed by atoms with E-state index in [4.69, 9.17) is 16.2 Å². The molecule has 0 aromatic carbocycles. The predicted octanol–water partition coefficient (Wildman–Crippen LogP) is -0.495. The summed E-state index contributed by atoms with van der Waals surface area (Å²) in [6.45, 7) is 4.93. The number of hydrogen-bond acceptors (Lipinski definition) is 6. The van der Waals surface area contributed by atoms with Gasteiger partial charge in [0.1, 0.15) is 18.4 Å². The molecule has 0 aromatic heterocycles. The Morgan fingerprint density at radius 3 is 2.27 bits per heavy atom. The molecule has 0 aromatic rings. The van der Waals surface area contributed by atoms with Crippen molar-refractivity contribution >= 4 is 11.9 Å². The number of nitrogens with two attached hydrogens (primary N) is 2. The minimum absolute atomic E-state index is 0.222. The van der Waals surface area contributed by atoms with Crippen molar-refractivity contribution in [3.8, 4) is 0 Å². The second kappa shape index (κ2) is 5.67. The Bertz CT molecular complexity index is 235. The molecule has 0 aliphatic heterocycles. The van der Waals surface area contributed by atoms with Gasteiger partial charge in [-0.05, 0) is 20.8 Å². The Balaban J connectivity index is 4.05. The highest BCUT2D eigenvalue weighted by atomic mass is 16.6. The fraction of sp³-hybridized carbons (Fsp3) is 0.778. The van der Waals surface area contributed by atoms with E-state index in [1.54, 1.807) is 20.8 Å². The van der Waals surface area contributed by atoms with Gasteiger partial charge in [-0.2, -0.15) is 0 Å². The van der Waals surface area contributed by atoms with Crippen LogP contribution in [-0.4, -0.2) is 30.3 Å². The van der Waals surface area contributed by atoms with Crippen molar-refractivity contribution in [3.63, 3.8) is 0 Å². The Labute approximate surface area is 88.9 Å². The Hall–Kier alpha value is -1.14. The topological polar surface area (TPSA) is 105 Å². The van der Waals surface area contributed by atoms with Crippen molar-refractivity contribution in [2.75, 3.05) is 6.73 Å². The predicted molar refractivity (Wildman–Crippen MR) is 53.6 cm³/mol. The van der Waals surface area contributed by atoms with E-state index < -0.39 is 23.6 Å². The normalized spacial score (nSPS) is 13.1. The SMILES string of the molecule is CC(C)(C)OC(=O)[C@@H](N)CC(=O)OCN. The van der Waals surface area contributed by atoms with Gasteiger partial charge in [-0.3, -0.25) is 15.3 Å². The lowest BCUT2D eigenvalue weighted by molar-refractivity contribution is -0.159. The first kappa shape index (κ1) is 13.9. The van der Waals surface area contributed by atoms with Gasteiger partial charge in [0.15, 0.2) is 0 Å². The number of carbonyl (C=O) groups excluding carboxylic acids is 2. The molecule has 0 saturated heterocycles. The molecule has 0 amide bonds. The van der Waals surface area contributed by atoms with Crippen LogP contribution in [0.25, 0.3) is 0 Å². The zero-order chi connectivity index (χ0) is 12.1. The molecule has 0 aliphatic rings. The largest absolute Gasteiger partial charge is 0.459 e. The molecule has 88 valence electrons. The average molecular weight is 218 g/mol. The van der Waals surface area contributed by atoms with Gasteiger partial charge in [-0.1, -0.05) is 0 Å². The third kappa shape index (κ3) is 6.87. The molecule has 0 heterocycles. The van der Waals surface area contributed by atoms with E-state index in [0.717, 1.165) is 0 Å². The summed E-state index contributed by atoms with van der Waals surface area (Å²) < 4.78 is 9.42. The molecular weight excluding hydrogens is 200 g/mol. The van der Waals surface area contributed by atoms with Gasteiger partial charge < -0.3 is 15.2 Å². The van der Waals surface area contributed by atoms with Gasteiger partial charge in [0.25, 0.3) is 0 Å². The summed E-state index contributed by atoms with van der Waals surface area (Å²) in [5, 5.41) is 0. The van der Waals surface area contributed by atoms with Crippen LogP contribution in [0.15, 0.2) is 0 Å². The molecule has 0 fully saturated rings. The first-order chi connectivity index (χ1) is 6.76. The molecule has 4 N–H and O–H groups in total. The standard InChI is InChI=1S/C9H18N2O4/c1-9(2,3)15-8(13)6(11)4-7(12)14-5-10/h6H,4-5,10-11H2,1-3H3/t6-/m0/s1. The molecule has 6 nitrogen and oxygen atoms in total. The number of ether oxygens (including phenoxy) is 2. The summed E-state index contributed by atoms with van der Waals surface area (Å²) in [4.78, 5) is 22.2. The lowest BCUT2D eigenvalue weighted by Crippen LogP contribution is -2.39. The van der Waals surface area contributed by atoms with Crippen molar-refractivity contribution < 1.29 is 19.1 Å². The third-order valence-corrected chi connectivity index (χ3v) is 1.34. The van der Waals surface area contributed by atoms with Crippen molar-refractivity contribution in [2.45, 2.75) is 38.8 Å². The fourth-order valence-corrected chi connectivity index (χ4v) is 0.792. The van der Waals surface area contributed by atoms with Crippen LogP contribution < -0.4 is 11.5 Å². The zero-order valence-electron chi connectivity index (χ0n) is 9.28. The summed E-state index contributed by atoms with van der Waals surface area (Å²) >= 11 is 0. The van der Waals surface area contributed by atoms with Gasteiger partial charge in [0.05, 0.1) is 6.42 Å². The minimum atomic E-state index is -1.01. The molecule has 6 heteroatoms. The molecule has 0 saturated carbocycles. The van der Waals surface area contributed by atoms with Crippen LogP contribution in [0, 0.1) is 0 Å². The quantitative estimate of drug-likeness (QED) is 0.487. The zero-order valence-corrected chi connectivity index (χ0v) is 9.28. The highest BCUT2D eigenvalue weighted by molar-refractivity contribution is 5.82. The van der Waals surface area contributed by atoms with Gasteiger partial charge in [-0.15, -0.1) is 0 Å². The van der Waals surface area contributed by atoms with E-state index in [-0.39, 0.29) is 13.2 Å². The van der Waals surface area contributed by atoms with E-state index in [1.807, 2.05) is 0 Å². The van der Waals surface area contributed by atoms with E-state index in [9.17, 15) is 9.59 Å². The van der Waals surface area contributed by atoms with Crippen molar-refractivity contribution in [1.82, 2.24) is 0 Å². The molecule has 0 unspecified atom stereocenters. The maximum Gasteiger partial charge on any atom is 0.324 e. The number of rotatable bonds is 4. The molecule has 0 bridgehead atoms. The number of carbonyl (C=O) groups is 2. The van der Waals surface area contributed by atoms with Gasteiger partial charge in [0.2, 0.25) is 0 Å². The molecule has 0 radical (unpaired) electrons. The Morgan fingerprint density at radius 1 is 1.33 bits per heavy atom. The molecule has 15 heavy (non-hydrogen) atoms. The Kier molecular flexibility index (Phi) is 5.24. The number of esters is 2. The summed E-state index contributed by atoms with van der Waals surface area (Å²) in [7, 11) is 0. The van der Waals surface area contributed by atoms with Crippen LogP contribution in [0.4, 0.5) is 0 Å². The van der Waals surface area contributed by atoms with Crippen LogP contribution in [0.1, 0.15) is 27.2 Å². The van der Waals surface area contributed by atoms with E-state index in [2.05, 4.69) is 4.74 Å². The Morgan fingerprint density at radius 2 is 1.87 bits per heavy atom. The van der Waals surface area contributed by atoms with E-state index in [0.29, 0.717) is 0 Å². The van der Waals surface area contributed by atoms with Crippen molar-refractivity contribution in [2.24, 2.45) is 11.5 Å². The van der Waals surface area contributed by atoms with Crippen molar-refractivity contribution in [3.05, 3.63) is 0 Å². The van der Waals surface area contributed by atoms with E-state index in [1.165, 1.54) is 0 Å². The van der Waals surface area contributed by atoms with Crippen LogP contribution >= 0.6 is 0 Å². The van der Waals surface area contributed by atoms with Gasteiger partial charge in [0, 0.05) is 0 Å². The van der Waals surface area contributed by atoms with Crippen LogP contribution in [-0.2, 0) is 19.1 Å². The lowest BCUT2D eigenvalue weighted by atomic mass is 10.1. The molecule has 0 spiro atoms. The summed E-state index contributed by atoms with van der Waals surface area (Å²) in [6, 6.07) is -1.01. The van der Waals surface area contributed by atoms with Crippen molar-refractivity contribution in [1.29, 1.82) is 0 Å². The first-order valence-corrected chi connectivity index (χ1v) is 4.60. The summed E-state index contributed by atoms with van der Waals surface area (Å²) in [6.07, 6.45) is -0.230. The maximum atomic E-state index is 11.3. The fourth-order valence-electron chi connectivity index (χ4n) is 0.792. The second-order valence-electron chi connectivity index (χ2n) is 4.03. The van der Waals surface area contributed by atoms with Crippen LogP contribution in [0.2, 0.25) is 0 Å². The minimum Gasteiger partial charge on any atom is -0.459 e. The van der Waals surface area contributed by atoms with Gasteiger partial charge >= 0.3 is 11.9 Å². The summed E-state index contributed by atoms with van der Waals surface area (Å²) in [5.74, 6) is -1.24. The molecule has 0 aliphatic carbocycles. The van der Waals surface area contributed by atoms with Crippen LogP contribution in [0.5, 0.6) is 0 Å². The molecule has 1 atom stereocenters. The highest BCUT2D eigenvalue weighted by Crippen LogP contribution is 2.08. The molecule has 0 rings (SSSR count). The monoisotopic (exact) mass is 218 g/mol. The smallest absolute Gasteiger partial charge is 0.324 e. The number of hydrogen-bond donors (Lipinski definition) is 2. The van der Waals surface area contributed by atoms with Crippen LogP contribution in [0.3, 0.4) is 0 Å². The highest BCUT2D eigenvalue weighted by Gasteiger charge is 2.24. The first-order valence-electron chi connectivity index (χ1n) is 4.60.